The van der Waals surface area contributed by atoms with E-state index in [-0.39, 0.29) is 17.4 Å². The molecule has 3 aromatic rings. The van der Waals surface area contributed by atoms with Gasteiger partial charge in [-0.15, -0.1) is 0 Å². The molecule has 1 amide bonds. The van der Waals surface area contributed by atoms with Crippen molar-refractivity contribution in [2.45, 2.75) is 0 Å². The highest BCUT2D eigenvalue weighted by Gasteiger charge is 2.27. The molecule has 4 rings (SSSR count). The molecule has 8 heteroatoms. The minimum Gasteiger partial charge on any atom is -0.497 e. The summed E-state index contributed by atoms with van der Waals surface area (Å²) in [6.07, 6.45) is 1.63. The summed E-state index contributed by atoms with van der Waals surface area (Å²) < 4.78 is 25.3. The Morgan fingerprint density at radius 2 is 1.53 bits per heavy atom. The van der Waals surface area contributed by atoms with Crippen LogP contribution in [0.15, 0.2) is 54.7 Å². The molecule has 30 heavy (non-hydrogen) atoms. The number of hydrogen-bond acceptors (Lipinski definition) is 5. The Kier molecular flexibility index (Phi) is 5.56. The molecular formula is C22H23FN4O3. The molecule has 1 fully saturated rings. The molecule has 0 radical (unpaired) electrons. The van der Waals surface area contributed by atoms with Crippen LogP contribution >= 0.6 is 0 Å². The summed E-state index contributed by atoms with van der Waals surface area (Å²) >= 11 is 0. The summed E-state index contributed by atoms with van der Waals surface area (Å²) in [5, 5.41) is 4.40. The van der Waals surface area contributed by atoms with Crippen molar-refractivity contribution >= 4 is 11.6 Å². The number of rotatable bonds is 5. The first kappa shape index (κ1) is 19.8. The predicted molar refractivity (Wildman–Crippen MR) is 111 cm³/mol. The lowest BCUT2D eigenvalue weighted by Crippen LogP contribution is -2.49. The molecule has 1 aliphatic heterocycles. The molecule has 1 saturated heterocycles. The molecule has 0 aliphatic carbocycles. The summed E-state index contributed by atoms with van der Waals surface area (Å²) in [5.41, 5.74) is 2.00. The number of piperazine rings is 1. The SMILES string of the molecule is COc1ccc(N2CCN(C(=O)c3nn(-c4ccc(F)cc4)cc3OC)CC2)cc1. The number of nitrogens with zero attached hydrogens (tertiary/aromatic N) is 4. The molecule has 2 aromatic carbocycles. The van der Waals surface area contributed by atoms with E-state index in [1.807, 2.05) is 24.3 Å². The van der Waals surface area contributed by atoms with Crippen LogP contribution in [-0.2, 0) is 0 Å². The van der Waals surface area contributed by atoms with Gasteiger partial charge in [0, 0.05) is 31.9 Å². The first-order valence-corrected chi connectivity index (χ1v) is 9.67. The Bertz CT molecular complexity index is 1010. The van der Waals surface area contributed by atoms with E-state index in [4.69, 9.17) is 9.47 Å². The minimum absolute atomic E-state index is 0.179. The maximum atomic E-state index is 13.2. The maximum Gasteiger partial charge on any atom is 0.278 e. The Morgan fingerprint density at radius 1 is 0.900 bits per heavy atom. The van der Waals surface area contributed by atoms with E-state index in [0.29, 0.717) is 24.5 Å². The van der Waals surface area contributed by atoms with Gasteiger partial charge in [-0.25, -0.2) is 9.07 Å². The van der Waals surface area contributed by atoms with Gasteiger partial charge in [0.2, 0.25) is 0 Å². The quantitative estimate of drug-likeness (QED) is 0.647. The van der Waals surface area contributed by atoms with Crippen LogP contribution in [0, 0.1) is 5.82 Å². The summed E-state index contributed by atoms with van der Waals surface area (Å²) in [5.74, 6) is 0.698. The molecule has 0 spiro atoms. The Hall–Kier alpha value is -3.55. The predicted octanol–water partition coefficient (Wildman–Crippen LogP) is 2.99. The third kappa shape index (κ3) is 3.94. The van der Waals surface area contributed by atoms with Crippen molar-refractivity contribution in [2.24, 2.45) is 0 Å². The summed E-state index contributed by atoms with van der Waals surface area (Å²) in [4.78, 5) is 17.1. The van der Waals surface area contributed by atoms with Gasteiger partial charge in [-0.2, -0.15) is 5.10 Å². The summed E-state index contributed by atoms with van der Waals surface area (Å²) in [6, 6.07) is 13.8. The van der Waals surface area contributed by atoms with Gasteiger partial charge in [0.05, 0.1) is 26.1 Å². The van der Waals surface area contributed by atoms with Gasteiger partial charge in [-0.05, 0) is 48.5 Å². The standard InChI is InChI=1S/C22H23FN4O3/c1-29-19-9-7-17(8-10-19)25-11-13-26(14-12-25)22(28)21-20(30-2)15-27(24-21)18-5-3-16(23)4-6-18/h3-10,15H,11-14H2,1-2H3. The molecule has 0 unspecified atom stereocenters. The topological polar surface area (TPSA) is 59.8 Å². The number of amides is 1. The van der Waals surface area contributed by atoms with Crippen molar-refractivity contribution in [1.82, 2.24) is 14.7 Å². The van der Waals surface area contributed by atoms with Crippen LogP contribution in [0.3, 0.4) is 0 Å². The van der Waals surface area contributed by atoms with E-state index in [2.05, 4.69) is 10.00 Å². The highest BCUT2D eigenvalue weighted by atomic mass is 19.1. The van der Waals surface area contributed by atoms with Crippen LogP contribution in [0.1, 0.15) is 10.5 Å². The van der Waals surface area contributed by atoms with Gasteiger partial charge < -0.3 is 19.3 Å². The zero-order valence-corrected chi connectivity index (χ0v) is 16.9. The van der Waals surface area contributed by atoms with Gasteiger partial charge in [-0.1, -0.05) is 0 Å². The van der Waals surface area contributed by atoms with Gasteiger partial charge in [0.1, 0.15) is 11.6 Å². The van der Waals surface area contributed by atoms with Crippen LogP contribution in [0.2, 0.25) is 0 Å². The van der Waals surface area contributed by atoms with E-state index in [1.165, 1.54) is 23.9 Å². The number of hydrogen-bond donors (Lipinski definition) is 0. The molecule has 0 bridgehead atoms. The average molecular weight is 410 g/mol. The van der Waals surface area contributed by atoms with Crippen molar-refractivity contribution in [3.63, 3.8) is 0 Å². The van der Waals surface area contributed by atoms with Crippen molar-refractivity contribution in [2.75, 3.05) is 45.3 Å². The van der Waals surface area contributed by atoms with Crippen LogP contribution < -0.4 is 14.4 Å². The lowest BCUT2D eigenvalue weighted by atomic mass is 10.2. The fourth-order valence-corrected chi connectivity index (χ4v) is 3.49. The highest BCUT2D eigenvalue weighted by molar-refractivity contribution is 5.95. The van der Waals surface area contributed by atoms with Crippen LogP contribution in [0.5, 0.6) is 11.5 Å². The molecule has 7 nitrogen and oxygen atoms in total. The first-order chi connectivity index (χ1) is 14.6. The first-order valence-electron chi connectivity index (χ1n) is 9.67. The Balaban J connectivity index is 1.46. The highest BCUT2D eigenvalue weighted by Crippen LogP contribution is 2.24. The number of ether oxygens (including phenoxy) is 2. The second-order valence-electron chi connectivity index (χ2n) is 6.94. The monoisotopic (exact) mass is 410 g/mol. The van der Waals surface area contributed by atoms with Crippen LogP contribution in [0.4, 0.5) is 10.1 Å². The number of halogens is 1. The van der Waals surface area contributed by atoms with Gasteiger partial charge >= 0.3 is 0 Å². The van der Waals surface area contributed by atoms with Crippen molar-refractivity contribution < 1.29 is 18.7 Å². The van der Waals surface area contributed by atoms with Crippen molar-refractivity contribution in [1.29, 1.82) is 0 Å². The van der Waals surface area contributed by atoms with Crippen LogP contribution in [0.25, 0.3) is 5.69 Å². The second kappa shape index (κ2) is 8.44. The average Bonchev–Trinajstić information content (AvgIpc) is 3.24. The summed E-state index contributed by atoms with van der Waals surface area (Å²) in [6.45, 7) is 2.60. The third-order valence-corrected chi connectivity index (χ3v) is 5.20. The maximum absolute atomic E-state index is 13.2. The van der Waals surface area contributed by atoms with E-state index >= 15 is 0 Å². The van der Waals surface area contributed by atoms with E-state index in [9.17, 15) is 9.18 Å². The van der Waals surface area contributed by atoms with E-state index < -0.39 is 0 Å². The van der Waals surface area contributed by atoms with E-state index in [0.717, 1.165) is 24.5 Å². The second-order valence-corrected chi connectivity index (χ2v) is 6.94. The summed E-state index contributed by atoms with van der Waals surface area (Å²) in [7, 11) is 3.15. The molecule has 0 atom stereocenters. The minimum atomic E-state index is -0.330. The number of carbonyl (C=O) groups is 1. The molecule has 1 aliphatic rings. The van der Waals surface area contributed by atoms with Gasteiger partial charge in [-0.3, -0.25) is 4.79 Å². The zero-order chi connectivity index (χ0) is 21.1. The Labute approximate surface area is 174 Å². The fraction of sp³-hybridized carbons (Fsp3) is 0.273. The fourth-order valence-electron chi connectivity index (χ4n) is 3.49. The number of carbonyl (C=O) groups excluding carboxylic acids is 1. The lowest BCUT2D eigenvalue weighted by Gasteiger charge is -2.35. The number of aromatic nitrogens is 2. The zero-order valence-electron chi connectivity index (χ0n) is 16.9. The van der Waals surface area contributed by atoms with Gasteiger partial charge in [0.15, 0.2) is 11.4 Å². The molecule has 156 valence electrons. The number of methoxy groups -OCH3 is 2. The molecule has 0 saturated carbocycles. The van der Waals surface area contributed by atoms with Gasteiger partial charge in [0.25, 0.3) is 5.91 Å². The normalized spacial score (nSPS) is 14.0. The molecule has 2 heterocycles. The number of anilines is 1. The third-order valence-electron chi connectivity index (χ3n) is 5.20. The Morgan fingerprint density at radius 3 is 2.13 bits per heavy atom. The lowest BCUT2D eigenvalue weighted by molar-refractivity contribution is 0.0737. The number of benzene rings is 2. The van der Waals surface area contributed by atoms with Crippen LogP contribution in [-0.4, -0.2) is 61.0 Å². The molecule has 1 aromatic heterocycles. The largest absolute Gasteiger partial charge is 0.497 e. The van der Waals surface area contributed by atoms with E-state index in [1.54, 1.807) is 30.3 Å². The van der Waals surface area contributed by atoms with Crippen molar-refractivity contribution in [3.8, 4) is 17.2 Å². The molecular weight excluding hydrogens is 387 g/mol. The van der Waals surface area contributed by atoms with Crippen molar-refractivity contribution in [3.05, 3.63) is 66.2 Å². The smallest absolute Gasteiger partial charge is 0.278 e. The molecule has 0 N–H and O–H groups in total.